The molecule has 0 amide bonds. The number of carboxylic acid groups (broad SMARTS) is 1. The molecule has 0 spiro atoms. The Morgan fingerprint density at radius 3 is 3.07 bits per heavy atom. The number of carbonyl (C=O) groups is 1. The molecule has 0 aliphatic heterocycles. The van der Waals surface area contributed by atoms with Crippen LogP contribution in [0.2, 0.25) is 5.28 Å². The molecule has 6 heteroatoms. The molecule has 0 radical (unpaired) electrons. The largest absolute Gasteiger partial charge is 0.481 e. The van der Waals surface area contributed by atoms with Gasteiger partial charge in [0.2, 0.25) is 5.28 Å². The van der Waals surface area contributed by atoms with Crippen LogP contribution in [-0.2, 0) is 11.2 Å². The standard InChI is InChI=1S/C9H10ClN3O2/c1-6(4-8(14)15)13-7(2-3-11)5-12-9(13)10/h5-6H,2,4H2,1H3,(H,14,15)/t6-/m1/s1. The van der Waals surface area contributed by atoms with Crippen molar-refractivity contribution < 1.29 is 9.90 Å². The van der Waals surface area contributed by atoms with Crippen molar-refractivity contribution in [3.63, 3.8) is 0 Å². The second kappa shape index (κ2) is 4.80. The van der Waals surface area contributed by atoms with Gasteiger partial charge in [0.15, 0.2) is 0 Å². The molecule has 0 bridgehead atoms. The first-order chi connectivity index (χ1) is 7.06. The summed E-state index contributed by atoms with van der Waals surface area (Å²) < 4.78 is 1.57. The minimum atomic E-state index is -0.907. The number of carboxylic acids is 1. The van der Waals surface area contributed by atoms with Crippen molar-refractivity contribution >= 4 is 17.6 Å². The van der Waals surface area contributed by atoms with Crippen LogP contribution in [0.4, 0.5) is 0 Å². The molecule has 0 saturated heterocycles. The summed E-state index contributed by atoms with van der Waals surface area (Å²) in [5, 5.41) is 17.4. The molecule has 1 atom stereocenters. The number of rotatable bonds is 4. The summed E-state index contributed by atoms with van der Waals surface area (Å²) in [6, 6.07) is 1.67. The van der Waals surface area contributed by atoms with Crippen LogP contribution in [0.3, 0.4) is 0 Å². The van der Waals surface area contributed by atoms with E-state index >= 15 is 0 Å². The Morgan fingerprint density at radius 1 is 1.87 bits per heavy atom. The summed E-state index contributed by atoms with van der Waals surface area (Å²) in [5.41, 5.74) is 0.635. The first kappa shape index (κ1) is 11.5. The molecule has 1 aromatic rings. The molecule has 0 aromatic carbocycles. The van der Waals surface area contributed by atoms with E-state index in [0.29, 0.717) is 5.69 Å². The van der Waals surface area contributed by atoms with Crippen molar-refractivity contribution in [1.82, 2.24) is 9.55 Å². The molecular weight excluding hydrogens is 218 g/mol. The van der Waals surface area contributed by atoms with E-state index < -0.39 is 5.97 Å². The van der Waals surface area contributed by atoms with E-state index in [-0.39, 0.29) is 24.2 Å². The molecule has 1 rings (SSSR count). The van der Waals surface area contributed by atoms with Crippen LogP contribution in [0.15, 0.2) is 6.20 Å². The van der Waals surface area contributed by atoms with Gasteiger partial charge in [-0.25, -0.2) is 4.98 Å². The Kier molecular flexibility index (Phi) is 3.69. The molecule has 80 valence electrons. The molecule has 0 saturated carbocycles. The topological polar surface area (TPSA) is 78.9 Å². The summed E-state index contributed by atoms with van der Waals surface area (Å²) >= 11 is 5.81. The van der Waals surface area contributed by atoms with Gasteiger partial charge in [-0.1, -0.05) is 0 Å². The SMILES string of the molecule is C[C@H](CC(=O)O)n1c(CC#N)cnc1Cl. The number of hydrogen-bond acceptors (Lipinski definition) is 3. The number of nitriles is 1. The molecular formula is C9H10ClN3O2. The second-order valence-electron chi connectivity index (χ2n) is 3.17. The van der Waals surface area contributed by atoms with Crippen LogP contribution < -0.4 is 0 Å². The lowest BCUT2D eigenvalue weighted by Gasteiger charge is -2.14. The second-order valence-corrected chi connectivity index (χ2v) is 3.51. The van der Waals surface area contributed by atoms with Crippen molar-refractivity contribution in [3.05, 3.63) is 17.2 Å². The molecule has 0 fully saturated rings. The minimum Gasteiger partial charge on any atom is -0.481 e. The summed E-state index contributed by atoms with van der Waals surface area (Å²) in [4.78, 5) is 14.4. The number of aliphatic carboxylic acids is 1. The maximum absolute atomic E-state index is 10.5. The van der Waals surface area contributed by atoms with Gasteiger partial charge in [0.05, 0.1) is 30.8 Å². The lowest BCUT2D eigenvalue weighted by molar-refractivity contribution is -0.137. The number of halogens is 1. The van der Waals surface area contributed by atoms with Gasteiger partial charge in [0, 0.05) is 6.04 Å². The van der Waals surface area contributed by atoms with Crippen LogP contribution in [0, 0.1) is 11.3 Å². The average Bonchev–Trinajstić information content (AvgIpc) is 2.46. The zero-order chi connectivity index (χ0) is 11.4. The molecule has 1 N–H and O–H groups in total. The fourth-order valence-electron chi connectivity index (χ4n) is 1.39. The van der Waals surface area contributed by atoms with E-state index in [1.165, 1.54) is 6.20 Å². The molecule has 15 heavy (non-hydrogen) atoms. The number of hydrogen-bond donors (Lipinski definition) is 1. The maximum atomic E-state index is 10.5. The third kappa shape index (κ3) is 2.70. The van der Waals surface area contributed by atoms with E-state index in [9.17, 15) is 4.79 Å². The van der Waals surface area contributed by atoms with E-state index in [1.54, 1.807) is 11.5 Å². The van der Waals surface area contributed by atoms with Crippen molar-refractivity contribution in [2.45, 2.75) is 25.8 Å². The Labute approximate surface area is 91.9 Å². The smallest absolute Gasteiger partial charge is 0.305 e. The summed E-state index contributed by atoms with van der Waals surface area (Å²) in [5.74, 6) is -0.907. The number of nitrogens with zero attached hydrogens (tertiary/aromatic N) is 3. The Balaban J connectivity index is 2.96. The van der Waals surface area contributed by atoms with E-state index in [2.05, 4.69) is 4.98 Å². The molecule has 1 aromatic heterocycles. The average molecular weight is 228 g/mol. The zero-order valence-corrected chi connectivity index (χ0v) is 8.90. The van der Waals surface area contributed by atoms with Crippen LogP contribution >= 0.6 is 11.6 Å². The van der Waals surface area contributed by atoms with Crippen LogP contribution in [0.5, 0.6) is 0 Å². The number of imidazole rings is 1. The Bertz CT molecular complexity index is 408. The lowest BCUT2D eigenvalue weighted by atomic mass is 10.2. The van der Waals surface area contributed by atoms with E-state index in [0.717, 1.165) is 0 Å². The third-order valence-corrected chi connectivity index (χ3v) is 2.28. The van der Waals surface area contributed by atoms with Crippen LogP contribution in [-0.4, -0.2) is 20.6 Å². The van der Waals surface area contributed by atoms with E-state index in [1.807, 2.05) is 6.07 Å². The normalized spacial score (nSPS) is 12.1. The van der Waals surface area contributed by atoms with Gasteiger partial charge in [-0.3, -0.25) is 4.79 Å². The maximum Gasteiger partial charge on any atom is 0.305 e. The zero-order valence-electron chi connectivity index (χ0n) is 8.14. The van der Waals surface area contributed by atoms with Crippen molar-refractivity contribution in [2.75, 3.05) is 0 Å². The first-order valence-electron chi connectivity index (χ1n) is 4.36. The van der Waals surface area contributed by atoms with Gasteiger partial charge < -0.3 is 9.67 Å². The quantitative estimate of drug-likeness (QED) is 0.848. The fraction of sp³-hybridized carbons (Fsp3) is 0.444. The molecule has 0 aliphatic rings. The molecule has 0 unspecified atom stereocenters. The predicted molar refractivity (Wildman–Crippen MR) is 53.5 cm³/mol. The summed E-state index contributed by atoms with van der Waals surface area (Å²) in [6.45, 7) is 1.72. The van der Waals surface area contributed by atoms with Gasteiger partial charge in [-0.05, 0) is 18.5 Å². The Morgan fingerprint density at radius 2 is 2.53 bits per heavy atom. The molecule has 1 heterocycles. The van der Waals surface area contributed by atoms with Crippen molar-refractivity contribution in [3.8, 4) is 6.07 Å². The van der Waals surface area contributed by atoms with Crippen LogP contribution in [0.25, 0.3) is 0 Å². The highest BCUT2D eigenvalue weighted by Crippen LogP contribution is 2.20. The fourth-order valence-corrected chi connectivity index (χ4v) is 1.72. The van der Waals surface area contributed by atoms with Gasteiger partial charge in [0.25, 0.3) is 0 Å². The molecule has 5 nitrogen and oxygen atoms in total. The van der Waals surface area contributed by atoms with E-state index in [4.69, 9.17) is 22.0 Å². The van der Waals surface area contributed by atoms with Gasteiger partial charge >= 0.3 is 5.97 Å². The Hall–Kier alpha value is -1.54. The first-order valence-corrected chi connectivity index (χ1v) is 4.74. The highest BCUT2D eigenvalue weighted by atomic mass is 35.5. The monoisotopic (exact) mass is 227 g/mol. The summed E-state index contributed by atoms with van der Waals surface area (Å²) in [6.07, 6.45) is 1.61. The third-order valence-electron chi connectivity index (χ3n) is 2.00. The van der Waals surface area contributed by atoms with Gasteiger partial charge in [0.1, 0.15) is 0 Å². The lowest BCUT2D eigenvalue weighted by Crippen LogP contribution is -2.13. The summed E-state index contributed by atoms with van der Waals surface area (Å²) in [7, 11) is 0. The van der Waals surface area contributed by atoms with Crippen molar-refractivity contribution in [2.24, 2.45) is 0 Å². The van der Waals surface area contributed by atoms with Crippen molar-refractivity contribution in [1.29, 1.82) is 5.26 Å². The minimum absolute atomic E-state index is 0.0471. The highest BCUT2D eigenvalue weighted by Gasteiger charge is 2.16. The predicted octanol–water partition coefficient (Wildman–Crippen LogP) is 1.64. The van der Waals surface area contributed by atoms with Gasteiger partial charge in [-0.15, -0.1) is 0 Å². The highest BCUT2D eigenvalue weighted by molar-refractivity contribution is 6.28. The number of aromatic nitrogens is 2. The van der Waals surface area contributed by atoms with Crippen LogP contribution in [0.1, 0.15) is 25.1 Å². The van der Waals surface area contributed by atoms with Gasteiger partial charge in [-0.2, -0.15) is 5.26 Å². The molecule has 0 aliphatic carbocycles.